The molecule has 3 aromatic rings. The van der Waals surface area contributed by atoms with Gasteiger partial charge in [0.1, 0.15) is 5.75 Å². The summed E-state index contributed by atoms with van der Waals surface area (Å²) in [5.74, 6) is 1.07. The first kappa shape index (κ1) is 18.1. The zero-order chi connectivity index (χ0) is 19.2. The Balaban J connectivity index is 1.53. The Morgan fingerprint density at radius 1 is 1.19 bits per heavy atom. The summed E-state index contributed by atoms with van der Waals surface area (Å²) in [5.41, 5.74) is 1.30. The van der Waals surface area contributed by atoms with Crippen LogP contribution in [0.15, 0.2) is 53.1 Å². The number of nitro groups is 1. The summed E-state index contributed by atoms with van der Waals surface area (Å²) in [5, 5.41) is 17.1. The first-order chi connectivity index (χ1) is 13.0. The lowest BCUT2D eigenvalue weighted by Gasteiger charge is -2.07. The Morgan fingerprint density at radius 3 is 2.48 bits per heavy atom. The third-order valence-corrected chi connectivity index (χ3v) is 3.62. The van der Waals surface area contributed by atoms with Crippen LogP contribution in [0.2, 0.25) is 0 Å². The molecule has 0 spiro atoms. The van der Waals surface area contributed by atoms with Crippen LogP contribution in [0, 0.1) is 10.1 Å². The molecular formula is C18H16N4O5. The number of carbonyl (C=O) groups excluding carboxylic acids is 1. The van der Waals surface area contributed by atoms with Crippen molar-refractivity contribution < 1.29 is 19.0 Å². The molecule has 0 fully saturated rings. The number of nitro benzene ring substituents is 1. The second kappa shape index (κ2) is 8.09. The second-order valence-electron chi connectivity index (χ2n) is 5.53. The average Bonchev–Trinajstić information content (AvgIpc) is 3.16. The number of non-ortho nitro benzene ring substituents is 1. The van der Waals surface area contributed by atoms with Gasteiger partial charge in [-0.05, 0) is 36.4 Å². The largest absolute Gasteiger partial charge is 0.484 e. The smallest absolute Gasteiger partial charge is 0.269 e. The minimum Gasteiger partial charge on any atom is -0.484 e. The highest BCUT2D eigenvalue weighted by atomic mass is 16.6. The standard InChI is InChI=1S/C18H16N4O5/c1-2-16-20-18(27-21-16)12-3-5-13(6-4-12)19-17(23)11-26-15-9-7-14(8-10-15)22(24)25/h3-10H,2,11H2,1H3,(H,19,23). The zero-order valence-corrected chi connectivity index (χ0v) is 14.4. The molecule has 138 valence electrons. The number of aromatic nitrogens is 2. The Hall–Kier alpha value is -3.75. The molecule has 3 rings (SSSR count). The van der Waals surface area contributed by atoms with Gasteiger partial charge in [0.2, 0.25) is 0 Å². The summed E-state index contributed by atoms with van der Waals surface area (Å²) >= 11 is 0. The van der Waals surface area contributed by atoms with E-state index in [4.69, 9.17) is 9.26 Å². The number of amides is 1. The van der Waals surface area contributed by atoms with E-state index in [1.54, 1.807) is 24.3 Å². The molecule has 0 bridgehead atoms. The van der Waals surface area contributed by atoms with Crippen molar-refractivity contribution >= 4 is 17.3 Å². The number of hydrogen-bond acceptors (Lipinski definition) is 7. The van der Waals surface area contributed by atoms with Crippen LogP contribution in [-0.4, -0.2) is 27.6 Å². The average molecular weight is 368 g/mol. The number of carbonyl (C=O) groups is 1. The van der Waals surface area contributed by atoms with Gasteiger partial charge in [0.25, 0.3) is 17.5 Å². The van der Waals surface area contributed by atoms with E-state index in [0.29, 0.717) is 29.6 Å². The Kier molecular flexibility index (Phi) is 5.41. The van der Waals surface area contributed by atoms with E-state index in [2.05, 4.69) is 15.5 Å². The van der Waals surface area contributed by atoms with Gasteiger partial charge in [-0.1, -0.05) is 12.1 Å². The van der Waals surface area contributed by atoms with Crippen molar-refractivity contribution in [3.63, 3.8) is 0 Å². The van der Waals surface area contributed by atoms with Crippen LogP contribution in [0.25, 0.3) is 11.5 Å². The van der Waals surface area contributed by atoms with Crippen molar-refractivity contribution in [2.24, 2.45) is 0 Å². The normalized spacial score (nSPS) is 10.4. The highest BCUT2D eigenvalue weighted by molar-refractivity contribution is 5.92. The number of benzene rings is 2. The molecule has 27 heavy (non-hydrogen) atoms. The molecule has 0 unspecified atom stereocenters. The van der Waals surface area contributed by atoms with Crippen LogP contribution in [-0.2, 0) is 11.2 Å². The monoisotopic (exact) mass is 368 g/mol. The molecule has 1 heterocycles. The maximum absolute atomic E-state index is 12.0. The van der Waals surface area contributed by atoms with E-state index in [9.17, 15) is 14.9 Å². The van der Waals surface area contributed by atoms with Crippen LogP contribution >= 0.6 is 0 Å². The lowest BCUT2D eigenvalue weighted by atomic mass is 10.2. The fourth-order valence-corrected chi connectivity index (χ4v) is 2.22. The van der Waals surface area contributed by atoms with Crippen molar-refractivity contribution in [3.8, 4) is 17.2 Å². The maximum atomic E-state index is 12.0. The summed E-state index contributed by atoms with van der Waals surface area (Å²) in [4.78, 5) is 26.3. The molecule has 0 aliphatic heterocycles. The SMILES string of the molecule is CCc1noc(-c2ccc(NC(=O)COc3ccc([N+](=O)[O-])cc3)cc2)n1. The van der Waals surface area contributed by atoms with Crippen LogP contribution in [0.4, 0.5) is 11.4 Å². The molecular weight excluding hydrogens is 352 g/mol. The Morgan fingerprint density at radius 2 is 1.89 bits per heavy atom. The molecule has 9 heteroatoms. The molecule has 0 saturated heterocycles. The van der Waals surface area contributed by atoms with Gasteiger partial charge in [-0.2, -0.15) is 4.98 Å². The topological polar surface area (TPSA) is 120 Å². The van der Waals surface area contributed by atoms with E-state index in [1.165, 1.54) is 24.3 Å². The van der Waals surface area contributed by atoms with Crippen LogP contribution in [0.5, 0.6) is 5.75 Å². The Bertz CT molecular complexity index is 935. The summed E-state index contributed by atoms with van der Waals surface area (Å²) < 4.78 is 10.5. The molecule has 0 aliphatic carbocycles. The second-order valence-corrected chi connectivity index (χ2v) is 5.53. The van der Waals surface area contributed by atoms with Gasteiger partial charge >= 0.3 is 0 Å². The van der Waals surface area contributed by atoms with E-state index in [-0.39, 0.29) is 18.2 Å². The number of rotatable bonds is 7. The molecule has 9 nitrogen and oxygen atoms in total. The molecule has 0 radical (unpaired) electrons. The first-order valence-corrected chi connectivity index (χ1v) is 8.15. The lowest BCUT2D eigenvalue weighted by Crippen LogP contribution is -2.20. The molecule has 1 aromatic heterocycles. The number of aryl methyl sites for hydroxylation is 1. The lowest BCUT2D eigenvalue weighted by molar-refractivity contribution is -0.384. The fraction of sp³-hybridized carbons (Fsp3) is 0.167. The third-order valence-electron chi connectivity index (χ3n) is 3.62. The quantitative estimate of drug-likeness (QED) is 0.502. The Labute approximate surface area is 154 Å². The van der Waals surface area contributed by atoms with Crippen LogP contribution < -0.4 is 10.1 Å². The van der Waals surface area contributed by atoms with Gasteiger partial charge in [0, 0.05) is 29.8 Å². The molecule has 0 atom stereocenters. The summed E-state index contributed by atoms with van der Waals surface area (Å²) in [6.45, 7) is 1.72. The zero-order valence-electron chi connectivity index (χ0n) is 14.4. The number of nitrogens with one attached hydrogen (secondary N) is 1. The predicted molar refractivity (Wildman–Crippen MR) is 96.3 cm³/mol. The van der Waals surface area contributed by atoms with Crippen LogP contribution in [0.3, 0.4) is 0 Å². The van der Waals surface area contributed by atoms with E-state index in [0.717, 1.165) is 5.56 Å². The first-order valence-electron chi connectivity index (χ1n) is 8.15. The van der Waals surface area contributed by atoms with Crippen molar-refractivity contribution in [1.82, 2.24) is 10.1 Å². The number of nitrogens with zero attached hydrogens (tertiary/aromatic N) is 3. The van der Waals surface area contributed by atoms with Crippen molar-refractivity contribution in [2.45, 2.75) is 13.3 Å². The van der Waals surface area contributed by atoms with Gasteiger partial charge < -0.3 is 14.6 Å². The van der Waals surface area contributed by atoms with Gasteiger partial charge in [-0.15, -0.1) is 0 Å². The van der Waals surface area contributed by atoms with Crippen molar-refractivity contribution in [3.05, 3.63) is 64.5 Å². The minimum atomic E-state index is -0.502. The third kappa shape index (κ3) is 4.66. The highest BCUT2D eigenvalue weighted by Gasteiger charge is 2.09. The summed E-state index contributed by atoms with van der Waals surface area (Å²) in [6, 6.07) is 12.5. The van der Waals surface area contributed by atoms with Gasteiger partial charge in [-0.3, -0.25) is 14.9 Å². The van der Waals surface area contributed by atoms with Crippen molar-refractivity contribution in [2.75, 3.05) is 11.9 Å². The van der Waals surface area contributed by atoms with Crippen molar-refractivity contribution in [1.29, 1.82) is 0 Å². The van der Waals surface area contributed by atoms with Crippen LogP contribution in [0.1, 0.15) is 12.7 Å². The van der Waals surface area contributed by atoms with E-state index in [1.807, 2.05) is 6.92 Å². The van der Waals surface area contributed by atoms with E-state index >= 15 is 0 Å². The number of hydrogen-bond donors (Lipinski definition) is 1. The maximum Gasteiger partial charge on any atom is 0.269 e. The highest BCUT2D eigenvalue weighted by Crippen LogP contribution is 2.20. The van der Waals surface area contributed by atoms with Gasteiger partial charge in [0.05, 0.1) is 4.92 Å². The number of ether oxygens (including phenoxy) is 1. The molecule has 2 aromatic carbocycles. The molecule has 0 aliphatic rings. The number of anilines is 1. The van der Waals surface area contributed by atoms with Gasteiger partial charge in [-0.25, -0.2) is 0 Å². The summed E-state index contributed by atoms with van der Waals surface area (Å²) in [6.07, 6.45) is 0.687. The minimum absolute atomic E-state index is 0.0424. The molecule has 0 saturated carbocycles. The molecule has 1 N–H and O–H groups in total. The predicted octanol–water partition coefficient (Wildman–Crippen LogP) is 3.22. The molecule has 1 amide bonds. The van der Waals surface area contributed by atoms with Gasteiger partial charge in [0.15, 0.2) is 12.4 Å². The van der Waals surface area contributed by atoms with E-state index < -0.39 is 4.92 Å². The fourth-order valence-electron chi connectivity index (χ4n) is 2.22. The summed E-state index contributed by atoms with van der Waals surface area (Å²) in [7, 11) is 0.